The molecule has 1 heterocycles. The lowest BCUT2D eigenvalue weighted by atomic mass is 10.1. The summed E-state index contributed by atoms with van der Waals surface area (Å²) in [4.78, 5) is 17.5. The maximum absolute atomic E-state index is 12.8. The Morgan fingerprint density at radius 1 is 1.17 bits per heavy atom. The quantitative estimate of drug-likeness (QED) is 0.524. The molecule has 0 saturated carbocycles. The average Bonchev–Trinajstić information content (AvgIpc) is 3.06. The summed E-state index contributed by atoms with van der Waals surface area (Å²) < 4.78 is 7.59. The first-order valence-corrected chi connectivity index (χ1v) is 10.2. The number of nitrogens with one attached hydrogen (secondary N) is 1. The standard InChI is InChI=1S/C23H26ClN3O2/c1-4-5-14-25-23(28)21-16(2)27(15-17-10-12-18(24)13-11-17)22(26-21)19-8-6-7-9-20(19)29-3/h6-13H,4-5,14-15H2,1-3H3,(H,25,28). The maximum atomic E-state index is 12.8. The van der Waals surface area contributed by atoms with Crippen LogP contribution in [0.5, 0.6) is 5.75 Å². The summed E-state index contributed by atoms with van der Waals surface area (Å²) >= 11 is 6.03. The number of ether oxygens (including phenoxy) is 1. The molecular weight excluding hydrogens is 386 g/mol. The zero-order chi connectivity index (χ0) is 20.8. The van der Waals surface area contributed by atoms with E-state index >= 15 is 0 Å². The summed E-state index contributed by atoms with van der Waals surface area (Å²) in [6.07, 6.45) is 1.96. The van der Waals surface area contributed by atoms with Gasteiger partial charge in [0.15, 0.2) is 0 Å². The SMILES string of the molecule is CCCCNC(=O)c1nc(-c2ccccc2OC)n(Cc2ccc(Cl)cc2)c1C. The number of carbonyl (C=O) groups excluding carboxylic acids is 1. The van der Waals surface area contributed by atoms with Crippen molar-refractivity contribution < 1.29 is 9.53 Å². The predicted molar refractivity (Wildman–Crippen MR) is 117 cm³/mol. The van der Waals surface area contributed by atoms with Gasteiger partial charge in [0.05, 0.1) is 12.7 Å². The van der Waals surface area contributed by atoms with Crippen molar-refractivity contribution in [2.45, 2.75) is 33.2 Å². The molecule has 0 aliphatic rings. The van der Waals surface area contributed by atoms with Crippen LogP contribution in [0.3, 0.4) is 0 Å². The van der Waals surface area contributed by atoms with Crippen LogP contribution in [0.2, 0.25) is 5.02 Å². The first-order chi connectivity index (χ1) is 14.0. The molecule has 0 bridgehead atoms. The molecular formula is C23H26ClN3O2. The van der Waals surface area contributed by atoms with Crippen LogP contribution in [-0.2, 0) is 6.54 Å². The topological polar surface area (TPSA) is 56.1 Å². The second kappa shape index (κ2) is 9.61. The third-order valence-corrected chi connectivity index (χ3v) is 5.11. The summed E-state index contributed by atoms with van der Waals surface area (Å²) in [5, 5.41) is 3.66. The first kappa shape index (κ1) is 20.9. The molecule has 0 aliphatic carbocycles. The number of imidazole rings is 1. The van der Waals surface area contributed by atoms with Gasteiger partial charge in [0.25, 0.3) is 5.91 Å². The number of unbranched alkanes of at least 4 members (excludes halogenated alkanes) is 1. The van der Waals surface area contributed by atoms with Crippen molar-refractivity contribution in [1.82, 2.24) is 14.9 Å². The lowest BCUT2D eigenvalue weighted by molar-refractivity contribution is 0.0948. The predicted octanol–water partition coefficient (Wildman–Crippen LogP) is 5.10. The van der Waals surface area contributed by atoms with E-state index in [0.717, 1.165) is 29.7 Å². The Kier molecular flexibility index (Phi) is 6.94. The van der Waals surface area contributed by atoms with E-state index in [1.54, 1.807) is 7.11 Å². The minimum absolute atomic E-state index is 0.151. The highest BCUT2D eigenvalue weighted by atomic mass is 35.5. The molecule has 6 heteroatoms. The van der Waals surface area contributed by atoms with Crippen LogP contribution in [0.25, 0.3) is 11.4 Å². The number of hydrogen-bond acceptors (Lipinski definition) is 3. The van der Waals surface area contributed by atoms with Gasteiger partial charge in [-0.3, -0.25) is 4.79 Å². The van der Waals surface area contributed by atoms with E-state index in [-0.39, 0.29) is 5.91 Å². The van der Waals surface area contributed by atoms with Gasteiger partial charge in [0.1, 0.15) is 17.3 Å². The van der Waals surface area contributed by atoms with E-state index in [0.29, 0.717) is 35.4 Å². The monoisotopic (exact) mass is 411 g/mol. The molecule has 3 rings (SSSR count). The molecule has 29 heavy (non-hydrogen) atoms. The van der Waals surface area contributed by atoms with E-state index in [9.17, 15) is 4.79 Å². The van der Waals surface area contributed by atoms with Crippen LogP contribution in [0.1, 0.15) is 41.5 Å². The summed E-state index contributed by atoms with van der Waals surface area (Å²) in [6.45, 7) is 5.24. The molecule has 1 N–H and O–H groups in total. The third kappa shape index (κ3) is 4.80. The number of hydrogen-bond donors (Lipinski definition) is 1. The molecule has 0 radical (unpaired) electrons. The number of benzene rings is 2. The van der Waals surface area contributed by atoms with Gasteiger partial charge in [0.2, 0.25) is 0 Å². The van der Waals surface area contributed by atoms with Crippen LogP contribution in [0, 0.1) is 6.92 Å². The van der Waals surface area contributed by atoms with Crippen molar-refractivity contribution in [1.29, 1.82) is 0 Å². The fourth-order valence-electron chi connectivity index (χ4n) is 3.21. The fraction of sp³-hybridized carbons (Fsp3) is 0.304. The van der Waals surface area contributed by atoms with Gasteiger partial charge in [-0.05, 0) is 43.2 Å². The Bertz CT molecular complexity index is 980. The van der Waals surface area contributed by atoms with Crippen LogP contribution in [0.15, 0.2) is 48.5 Å². The molecule has 0 fully saturated rings. The van der Waals surface area contributed by atoms with Crippen LogP contribution in [0.4, 0.5) is 0 Å². The molecule has 1 amide bonds. The molecule has 0 saturated heterocycles. The minimum Gasteiger partial charge on any atom is -0.496 e. The Hall–Kier alpha value is -2.79. The van der Waals surface area contributed by atoms with Crippen molar-refractivity contribution in [2.24, 2.45) is 0 Å². The lowest BCUT2D eigenvalue weighted by Gasteiger charge is -2.13. The highest BCUT2D eigenvalue weighted by Gasteiger charge is 2.22. The van der Waals surface area contributed by atoms with Gasteiger partial charge < -0.3 is 14.6 Å². The molecule has 0 atom stereocenters. The highest BCUT2D eigenvalue weighted by Crippen LogP contribution is 2.31. The Morgan fingerprint density at radius 2 is 1.90 bits per heavy atom. The smallest absolute Gasteiger partial charge is 0.271 e. The van der Waals surface area contributed by atoms with Crippen molar-refractivity contribution in [2.75, 3.05) is 13.7 Å². The number of amides is 1. The maximum Gasteiger partial charge on any atom is 0.271 e. The number of methoxy groups -OCH3 is 1. The number of aromatic nitrogens is 2. The van der Waals surface area contributed by atoms with E-state index in [1.165, 1.54) is 0 Å². The van der Waals surface area contributed by atoms with Crippen LogP contribution in [-0.4, -0.2) is 29.1 Å². The molecule has 2 aromatic carbocycles. The van der Waals surface area contributed by atoms with Gasteiger partial charge >= 0.3 is 0 Å². The average molecular weight is 412 g/mol. The number of halogens is 1. The molecule has 5 nitrogen and oxygen atoms in total. The number of para-hydroxylation sites is 1. The number of carbonyl (C=O) groups is 1. The normalized spacial score (nSPS) is 10.8. The van der Waals surface area contributed by atoms with E-state index in [1.807, 2.05) is 55.5 Å². The van der Waals surface area contributed by atoms with Crippen molar-refractivity contribution >= 4 is 17.5 Å². The number of rotatable bonds is 8. The zero-order valence-electron chi connectivity index (χ0n) is 17.0. The summed E-state index contributed by atoms with van der Waals surface area (Å²) in [5.41, 5.74) is 3.18. The van der Waals surface area contributed by atoms with Gasteiger partial charge in [-0.1, -0.05) is 49.2 Å². The van der Waals surface area contributed by atoms with Crippen LogP contribution >= 0.6 is 11.6 Å². The highest BCUT2D eigenvalue weighted by molar-refractivity contribution is 6.30. The second-order valence-electron chi connectivity index (χ2n) is 6.89. The largest absolute Gasteiger partial charge is 0.496 e. The van der Waals surface area contributed by atoms with Crippen molar-refractivity contribution in [3.05, 3.63) is 70.5 Å². The summed E-state index contributed by atoms with van der Waals surface area (Å²) in [6, 6.07) is 15.4. The van der Waals surface area contributed by atoms with Crippen LogP contribution < -0.4 is 10.1 Å². The fourth-order valence-corrected chi connectivity index (χ4v) is 3.34. The van der Waals surface area contributed by atoms with E-state index < -0.39 is 0 Å². The first-order valence-electron chi connectivity index (χ1n) is 9.78. The van der Waals surface area contributed by atoms with Crippen molar-refractivity contribution in [3.63, 3.8) is 0 Å². The molecule has 3 aromatic rings. The van der Waals surface area contributed by atoms with Gasteiger partial charge in [-0.2, -0.15) is 0 Å². The zero-order valence-corrected chi connectivity index (χ0v) is 17.8. The molecule has 0 spiro atoms. The molecule has 0 unspecified atom stereocenters. The van der Waals surface area contributed by atoms with Gasteiger partial charge in [-0.25, -0.2) is 4.98 Å². The molecule has 0 aliphatic heterocycles. The summed E-state index contributed by atoms with van der Waals surface area (Å²) in [7, 11) is 1.64. The Balaban J connectivity index is 2.05. The third-order valence-electron chi connectivity index (χ3n) is 4.85. The molecule has 1 aromatic heterocycles. The van der Waals surface area contributed by atoms with E-state index in [2.05, 4.69) is 16.8 Å². The minimum atomic E-state index is -0.151. The number of nitrogens with zero attached hydrogens (tertiary/aromatic N) is 2. The second-order valence-corrected chi connectivity index (χ2v) is 7.33. The van der Waals surface area contributed by atoms with E-state index in [4.69, 9.17) is 21.3 Å². The van der Waals surface area contributed by atoms with Crippen molar-refractivity contribution in [3.8, 4) is 17.1 Å². The Labute approximate surface area is 176 Å². The lowest BCUT2D eigenvalue weighted by Crippen LogP contribution is -2.25. The molecule has 152 valence electrons. The van der Waals surface area contributed by atoms with Gasteiger partial charge in [-0.15, -0.1) is 0 Å². The summed E-state index contributed by atoms with van der Waals surface area (Å²) in [5.74, 6) is 1.27. The van der Waals surface area contributed by atoms with Gasteiger partial charge in [0, 0.05) is 23.8 Å². The Morgan fingerprint density at radius 3 is 2.59 bits per heavy atom.